The average molecular weight is 404 g/mol. The fourth-order valence-electron chi connectivity index (χ4n) is 2.90. The summed E-state index contributed by atoms with van der Waals surface area (Å²) in [6.45, 7) is 2.97. The van der Waals surface area contributed by atoms with Crippen molar-refractivity contribution in [2.75, 3.05) is 0 Å². The highest BCUT2D eigenvalue weighted by Gasteiger charge is 2.15. The molecule has 0 aliphatic rings. The lowest BCUT2D eigenvalue weighted by atomic mass is 10.0. The van der Waals surface area contributed by atoms with Crippen LogP contribution in [0.3, 0.4) is 0 Å². The van der Waals surface area contributed by atoms with Gasteiger partial charge in [0.25, 0.3) is 0 Å². The summed E-state index contributed by atoms with van der Waals surface area (Å²) >= 11 is 1.49. The molecule has 2 heterocycles. The van der Waals surface area contributed by atoms with Crippen molar-refractivity contribution in [3.63, 3.8) is 0 Å². The van der Waals surface area contributed by atoms with Crippen LogP contribution in [-0.4, -0.2) is 35.4 Å². The van der Waals surface area contributed by atoms with Crippen molar-refractivity contribution in [2.24, 2.45) is 0 Å². The average Bonchev–Trinajstić information content (AvgIpc) is 3.24. The van der Waals surface area contributed by atoms with Crippen molar-refractivity contribution in [1.29, 1.82) is 0 Å². The number of aryl methyl sites for hydroxylation is 1. The Kier molecular flexibility index (Phi) is 6.21. The van der Waals surface area contributed by atoms with Crippen LogP contribution in [0.1, 0.15) is 25.6 Å². The smallest absolute Gasteiger partial charge is 0.210 e. The van der Waals surface area contributed by atoms with E-state index in [-0.39, 0.29) is 0 Å². The van der Waals surface area contributed by atoms with Crippen LogP contribution in [0, 0.1) is 0 Å². The SMILES string of the molecule is CCCCn1nnnc1CSc1nnc(-c2ccccc2)c(-c2ccccc2)n1. The Hall–Kier alpha value is -3.13. The zero-order chi connectivity index (χ0) is 19.9. The van der Waals surface area contributed by atoms with E-state index in [1.165, 1.54) is 11.8 Å². The van der Waals surface area contributed by atoms with Gasteiger partial charge in [-0.25, -0.2) is 9.67 Å². The lowest BCUT2D eigenvalue weighted by molar-refractivity contribution is 0.540. The fraction of sp³-hybridized carbons (Fsp3) is 0.238. The first-order chi connectivity index (χ1) is 14.3. The van der Waals surface area contributed by atoms with E-state index in [1.54, 1.807) is 0 Å². The molecule has 4 rings (SSSR count). The molecule has 2 aromatic heterocycles. The molecule has 0 aliphatic heterocycles. The Balaban J connectivity index is 1.62. The van der Waals surface area contributed by atoms with Crippen molar-refractivity contribution >= 4 is 11.8 Å². The van der Waals surface area contributed by atoms with E-state index in [9.17, 15) is 0 Å². The molecule has 0 atom stereocenters. The molecule has 0 saturated carbocycles. The van der Waals surface area contributed by atoms with Gasteiger partial charge in [-0.2, -0.15) is 0 Å². The largest absolute Gasteiger partial charge is 0.229 e. The van der Waals surface area contributed by atoms with Crippen LogP contribution in [0.15, 0.2) is 65.8 Å². The van der Waals surface area contributed by atoms with Gasteiger partial charge in [-0.3, -0.25) is 0 Å². The van der Waals surface area contributed by atoms with Gasteiger partial charge in [0.05, 0.1) is 5.75 Å². The highest BCUT2D eigenvalue weighted by molar-refractivity contribution is 7.98. The van der Waals surface area contributed by atoms with Gasteiger partial charge < -0.3 is 0 Å². The number of hydrogen-bond acceptors (Lipinski definition) is 7. The molecule has 0 unspecified atom stereocenters. The predicted octanol–water partition coefficient (Wildman–Crippen LogP) is 4.28. The quantitative estimate of drug-likeness (QED) is 0.406. The standard InChI is InChI=1S/C21H21N7S/c1-2-3-14-28-18(23-26-27-28)15-29-21-22-19(16-10-6-4-7-11-16)20(24-25-21)17-12-8-5-9-13-17/h4-13H,2-3,14-15H2,1H3. The maximum Gasteiger partial charge on any atom is 0.210 e. The molecule has 0 radical (unpaired) electrons. The van der Waals surface area contributed by atoms with Gasteiger partial charge in [0.2, 0.25) is 5.16 Å². The van der Waals surface area contributed by atoms with Gasteiger partial charge in [0, 0.05) is 17.7 Å². The molecular formula is C21H21N7S. The topological polar surface area (TPSA) is 82.3 Å². The zero-order valence-electron chi connectivity index (χ0n) is 16.1. The summed E-state index contributed by atoms with van der Waals surface area (Å²) in [5.74, 6) is 1.41. The van der Waals surface area contributed by atoms with Gasteiger partial charge >= 0.3 is 0 Å². The minimum atomic E-state index is 0.595. The van der Waals surface area contributed by atoms with E-state index in [0.29, 0.717) is 10.9 Å². The summed E-state index contributed by atoms with van der Waals surface area (Å²) in [4.78, 5) is 4.82. The van der Waals surface area contributed by atoms with Crippen LogP contribution >= 0.6 is 11.8 Å². The first-order valence-corrected chi connectivity index (χ1v) is 10.6. The highest BCUT2D eigenvalue weighted by atomic mass is 32.2. The summed E-state index contributed by atoms with van der Waals surface area (Å²) < 4.78 is 1.85. The fourth-order valence-corrected chi connectivity index (χ4v) is 3.62. The number of rotatable bonds is 8. The third-order valence-electron chi connectivity index (χ3n) is 4.42. The Labute approximate surface area is 173 Å². The normalized spacial score (nSPS) is 10.9. The Morgan fingerprint density at radius 3 is 2.21 bits per heavy atom. The number of aromatic nitrogens is 7. The van der Waals surface area contributed by atoms with Gasteiger partial charge in [-0.15, -0.1) is 15.3 Å². The molecule has 0 aliphatic carbocycles. The molecule has 0 amide bonds. The number of tetrazole rings is 1. The second-order valence-corrected chi connectivity index (χ2v) is 7.43. The van der Waals surface area contributed by atoms with E-state index in [0.717, 1.165) is 47.7 Å². The summed E-state index contributed by atoms with van der Waals surface area (Å²) in [6, 6.07) is 20.1. The molecule has 7 nitrogen and oxygen atoms in total. The summed E-state index contributed by atoms with van der Waals surface area (Å²) in [5.41, 5.74) is 3.59. The lowest BCUT2D eigenvalue weighted by Gasteiger charge is -2.09. The van der Waals surface area contributed by atoms with Crippen LogP contribution in [-0.2, 0) is 12.3 Å². The minimum Gasteiger partial charge on any atom is -0.229 e. The van der Waals surface area contributed by atoms with Gasteiger partial charge in [0.15, 0.2) is 5.82 Å². The molecule has 146 valence electrons. The van der Waals surface area contributed by atoms with Crippen LogP contribution < -0.4 is 0 Å². The highest BCUT2D eigenvalue weighted by Crippen LogP contribution is 2.30. The number of thioether (sulfide) groups is 1. The third-order valence-corrected chi connectivity index (χ3v) is 5.26. The minimum absolute atomic E-state index is 0.595. The molecule has 4 aromatic rings. The summed E-state index contributed by atoms with van der Waals surface area (Å²) in [7, 11) is 0. The van der Waals surface area contributed by atoms with Gasteiger partial charge in [-0.1, -0.05) is 85.8 Å². The second-order valence-electron chi connectivity index (χ2n) is 6.48. The molecule has 0 spiro atoms. The molecule has 8 heteroatoms. The van der Waals surface area contributed by atoms with E-state index < -0.39 is 0 Å². The zero-order valence-corrected chi connectivity index (χ0v) is 17.0. The number of nitrogens with zero attached hydrogens (tertiary/aromatic N) is 7. The molecule has 0 N–H and O–H groups in total. The molecule has 2 aromatic carbocycles. The van der Waals surface area contributed by atoms with Crippen LogP contribution in [0.25, 0.3) is 22.5 Å². The van der Waals surface area contributed by atoms with Crippen molar-refractivity contribution in [2.45, 2.75) is 37.2 Å². The van der Waals surface area contributed by atoms with E-state index in [1.807, 2.05) is 65.3 Å². The van der Waals surface area contributed by atoms with Crippen molar-refractivity contribution in [3.8, 4) is 22.5 Å². The van der Waals surface area contributed by atoms with Crippen molar-refractivity contribution in [1.82, 2.24) is 35.4 Å². The number of hydrogen-bond donors (Lipinski definition) is 0. The van der Waals surface area contributed by atoms with Crippen molar-refractivity contribution < 1.29 is 0 Å². The van der Waals surface area contributed by atoms with E-state index in [4.69, 9.17) is 4.98 Å². The third kappa shape index (κ3) is 4.65. The van der Waals surface area contributed by atoms with Crippen molar-refractivity contribution in [3.05, 3.63) is 66.5 Å². The van der Waals surface area contributed by atoms with Crippen LogP contribution in [0.2, 0.25) is 0 Å². The van der Waals surface area contributed by atoms with Crippen LogP contribution in [0.5, 0.6) is 0 Å². The van der Waals surface area contributed by atoms with Crippen LogP contribution in [0.4, 0.5) is 0 Å². The molecular weight excluding hydrogens is 382 g/mol. The summed E-state index contributed by atoms with van der Waals surface area (Å²) in [6.07, 6.45) is 2.14. The number of unbranched alkanes of at least 4 members (excludes halogenated alkanes) is 1. The molecule has 29 heavy (non-hydrogen) atoms. The Morgan fingerprint density at radius 1 is 0.828 bits per heavy atom. The second kappa shape index (κ2) is 9.38. The predicted molar refractivity (Wildman–Crippen MR) is 113 cm³/mol. The molecule has 0 fully saturated rings. The maximum absolute atomic E-state index is 4.82. The monoisotopic (exact) mass is 403 g/mol. The van der Waals surface area contributed by atoms with E-state index >= 15 is 0 Å². The first kappa shape index (κ1) is 19.2. The lowest BCUT2D eigenvalue weighted by Crippen LogP contribution is -2.05. The molecule has 0 saturated heterocycles. The van der Waals surface area contributed by atoms with Gasteiger partial charge in [-0.05, 0) is 16.8 Å². The Morgan fingerprint density at radius 2 is 1.52 bits per heavy atom. The first-order valence-electron chi connectivity index (χ1n) is 9.58. The Bertz CT molecular complexity index is 1050. The van der Waals surface area contributed by atoms with Gasteiger partial charge in [0.1, 0.15) is 11.4 Å². The summed E-state index contributed by atoms with van der Waals surface area (Å²) in [5, 5.41) is 21.5. The van der Waals surface area contributed by atoms with E-state index in [2.05, 4.69) is 32.6 Å². The number of benzene rings is 2. The maximum atomic E-state index is 4.82. The molecule has 0 bridgehead atoms.